The Bertz CT molecular complexity index is 840. The number of carbonyl (C=O) groups excluding carboxylic acids is 3. The van der Waals surface area contributed by atoms with Gasteiger partial charge in [-0.25, -0.2) is 0 Å². The second-order valence-corrected chi connectivity index (χ2v) is 8.58. The average molecular weight is 418 g/mol. The highest BCUT2D eigenvalue weighted by atomic mass is 32.1. The third kappa shape index (κ3) is 5.90. The summed E-state index contributed by atoms with van der Waals surface area (Å²) in [6.45, 7) is 3.85. The molecule has 0 radical (unpaired) electrons. The van der Waals surface area contributed by atoms with Crippen molar-refractivity contribution >= 4 is 34.7 Å². The van der Waals surface area contributed by atoms with Crippen molar-refractivity contribution in [2.24, 2.45) is 5.92 Å². The minimum atomic E-state index is -0.682. The molecule has 0 aliphatic heterocycles. The zero-order valence-corrected chi connectivity index (χ0v) is 17.5. The van der Waals surface area contributed by atoms with Crippen LogP contribution in [0.4, 0.5) is 5.69 Å². The SMILES string of the molecule is CC(C)C(NC(=O)c1cccs1)C(=O)Nc1cnn(CC(=O)NC2CCCC2)c1. The van der Waals surface area contributed by atoms with Gasteiger partial charge in [0, 0.05) is 12.2 Å². The Labute approximate surface area is 174 Å². The van der Waals surface area contributed by atoms with Gasteiger partial charge in [0.05, 0.1) is 16.8 Å². The summed E-state index contributed by atoms with van der Waals surface area (Å²) in [6.07, 6.45) is 7.48. The molecule has 1 aliphatic carbocycles. The van der Waals surface area contributed by atoms with Crippen molar-refractivity contribution in [3.63, 3.8) is 0 Å². The van der Waals surface area contributed by atoms with Crippen LogP contribution in [0, 0.1) is 5.92 Å². The second-order valence-electron chi connectivity index (χ2n) is 7.64. The summed E-state index contributed by atoms with van der Waals surface area (Å²) in [5.74, 6) is -0.764. The molecule has 0 spiro atoms. The molecule has 156 valence electrons. The minimum Gasteiger partial charge on any atom is -0.352 e. The molecule has 1 saturated carbocycles. The third-order valence-corrected chi connectivity index (χ3v) is 5.78. The molecule has 0 saturated heterocycles. The standard InChI is InChI=1S/C20H27N5O3S/c1-13(2)18(24-19(27)16-8-5-9-29-16)20(28)23-15-10-21-25(11-15)12-17(26)22-14-6-3-4-7-14/h5,8-11,13-14,18H,3-4,6-7,12H2,1-2H3,(H,22,26)(H,23,28)(H,24,27). The van der Waals surface area contributed by atoms with Crippen LogP contribution in [0.5, 0.6) is 0 Å². The van der Waals surface area contributed by atoms with Crippen molar-refractivity contribution in [3.05, 3.63) is 34.8 Å². The van der Waals surface area contributed by atoms with Crippen molar-refractivity contribution in [3.8, 4) is 0 Å². The molecule has 8 nitrogen and oxygen atoms in total. The van der Waals surface area contributed by atoms with Gasteiger partial charge in [-0.15, -0.1) is 11.3 Å². The van der Waals surface area contributed by atoms with E-state index in [1.807, 2.05) is 19.2 Å². The van der Waals surface area contributed by atoms with E-state index in [-0.39, 0.29) is 36.2 Å². The van der Waals surface area contributed by atoms with Gasteiger partial charge in [0.2, 0.25) is 11.8 Å². The summed E-state index contributed by atoms with van der Waals surface area (Å²) in [5.41, 5.74) is 0.486. The average Bonchev–Trinajstić information content (AvgIpc) is 3.42. The lowest BCUT2D eigenvalue weighted by molar-refractivity contribution is -0.122. The maximum absolute atomic E-state index is 12.7. The van der Waals surface area contributed by atoms with Crippen LogP contribution in [0.2, 0.25) is 0 Å². The zero-order chi connectivity index (χ0) is 20.8. The van der Waals surface area contributed by atoms with E-state index in [9.17, 15) is 14.4 Å². The molecular formula is C20H27N5O3S. The minimum absolute atomic E-state index is 0.0823. The molecule has 3 amide bonds. The van der Waals surface area contributed by atoms with Crippen LogP contribution in [-0.2, 0) is 16.1 Å². The molecule has 0 bridgehead atoms. The molecule has 3 rings (SSSR count). The summed E-state index contributed by atoms with van der Waals surface area (Å²) >= 11 is 1.33. The molecule has 1 aliphatic rings. The molecule has 2 aromatic heterocycles. The van der Waals surface area contributed by atoms with Crippen LogP contribution in [0.3, 0.4) is 0 Å². The van der Waals surface area contributed by atoms with E-state index in [0.717, 1.165) is 25.7 Å². The number of anilines is 1. The molecule has 29 heavy (non-hydrogen) atoms. The largest absolute Gasteiger partial charge is 0.352 e. The van der Waals surface area contributed by atoms with E-state index in [0.29, 0.717) is 10.6 Å². The first-order valence-corrected chi connectivity index (χ1v) is 10.8. The predicted octanol–water partition coefficient (Wildman–Crippen LogP) is 2.40. The third-order valence-electron chi connectivity index (χ3n) is 4.91. The van der Waals surface area contributed by atoms with E-state index in [4.69, 9.17) is 0 Å². The fourth-order valence-electron chi connectivity index (χ4n) is 3.38. The van der Waals surface area contributed by atoms with Crippen LogP contribution < -0.4 is 16.0 Å². The van der Waals surface area contributed by atoms with Crippen molar-refractivity contribution < 1.29 is 14.4 Å². The van der Waals surface area contributed by atoms with Gasteiger partial charge >= 0.3 is 0 Å². The molecule has 2 aromatic rings. The number of hydrogen-bond donors (Lipinski definition) is 3. The molecular weight excluding hydrogens is 390 g/mol. The van der Waals surface area contributed by atoms with Crippen LogP contribution >= 0.6 is 11.3 Å². The summed E-state index contributed by atoms with van der Waals surface area (Å²) in [4.78, 5) is 37.7. The number of nitrogens with one attached hydrogen (secondary N) is 3. The first-order chi connectivity index (χ1) is 13.9. The lowest BCUT2D eigenvalue weighted by Gasteiger charge is -2.21. The Hall–Kier alpha value is -2.68. The van der Waals surface area contributed by atoms with Gasteiger partial charge in [0.15, 0.2) is 0 Å². The molecule has 1 fully saturated rings. The van der Waals surface area contributed by atoms with Crippen molar-refractivity contribution in [1.82, 2.24) is 20.4 Å². The molecule has 9 heteroatoms. The molecule has 2 heterocycles. The van der Waals surface area contributed by atoms with Gasteiger partial charge in [0.1, 0.15) is 12.6 Å². The van der Waals surface area contributed by atoms with Crippen LogP contribution in [0.1, 0.15) is 49.2 Å². The first kappa shape index (κ1) is 21.0. The van der Waals surface area contributed by atoms with Gasteiger partial charge < -0.3 is 16.0 Å². The molecule has 0 aromatic carbocycles. The van der Waals surface area contributed by atoms with Gasteiger partial charge in [0.25, 0.3) is 5.91 Å². The summed E-state index contributed by atoms with van der Waals surface area (Å²) in [6, 6.07) is 3.09. The van der Waals surface area contributed by atoms with Gasteiger partial charge in [-0.2, -0.15) is 5.10 Å². The Morgan fingerprint density at radius 3 is 2.69 bits per heavy atom. The van der Waals surface area contributed by atoms with Crippen LogP contribution in [-0.4, -0.2) is 39.6 Å². The van der Waals surface area contributed by atoms with Crippen LogP contribution in [0.15, 0.2) is 29.9 Å². The van der Waals surface area contributed by atoms with E-state index in [1.54, 1.807) is 18.3 Å². The smallest absolute Gasteiger partial charge is 0.262 e. The lowest BCUT2D eigenvalue weighted by atomic mass is 10.0. The maximum atomic E-state index is 12.7. The van der Waals surface area contributed by atoms with E-state index >= 15 is 0 Å². The number of amides is 3. The highest BCUT2D eigenvalue weighted by Crippen LogP contribution is 2.17. The molecule has 1 atom stereocenters. The lowest BCUT2D eigenvalue weighted by Crippen LogP contribution is -2.46. The van der Waals surface area contributed by atoms with Crippen LogP contribution in [0.25, 0.3) is 0 Å². The second kappa shape index (κ2) is 9.69. The highest BCUT2D eigenvalue weighted by molar-refractivity contribution is 7.12. The van der Waals surface area contributed by atoms with E-state index < -0.39 is 6.04 Å². The van der Waals surface area contributed by atoms with Gasteiger partial charge in [-0.1, -0.05) is 32.8 Å². The number of hydrogen-bond acceptors (Lipinski definition) is 5. The fraction of sp³-hybridized carbons (Fsp3) is 0.500. The quantitative estimate of drug-likeness (QED) is 0.613. The molecule has 3 N–H and O–H groups in total. The van der Waals surface area contributed by atoms with Crippen molar-refractivity contribution in [2.75, 3.05) is 5.32 Å². The number of thiophene rings is 1. The number of nitrogens with zero attached hydrogens (tertiary/aromatic N) is 2. The summed E-state index contributed by atoms with van der Waals surface area (Å²) < 4.78 is 1.49. The Balaban J connectivity index is 1.54. The topological polar surface area (TPSA) is 105 Å². The zero-order valence-electron chi connectivity index (χ0n) is 16.7. The Morgan fingerprint density at radius 1 is 1.28 bits per heavy atom. The summed E-state index contributed by atoms with van der Waals surface area (Å²) in [7, 11) is 0. The fourth-order valence-corrected chi connectivity index (χ4v) is 4.01. The Morgan fingerprint density at radius 2 is 2.03 bits per heavy atom. The van der Waals surface area contributed by atoms with Gasteiger partial charge in [-0.05, 0) is 30.2 Å². The predicted molar refractivity (Wildman–Crippen MR) is 112 cm³/mol. The van der Waals surface area contributed by atoms with E-state index in [1.165, 1.54) is 22.2 Å². The first-order valence-electron chi connectivity index (χ1n) is 9.89. The van der Waals surface area contributed by atoms with E-state index in [2.05, 4.69) is 21.0 Å². The monoisotopic (exact) mass is 417 g/mol. The number of aromatic nitrogens is 2. The normalized spacial score (nSPS) is 15.3. The number of carbonyl (C=O) groups is 3. The van der Waals surface area contributed by atoms with Crippen molar-refractivity contribution in [2.45, 2.75) is 58.2 Å². The highest BCUT2D eigenvalue weighted by Gasteiger charge is 2.25. The summed E-state index contributed by atoms with van der Waals surface area (Å²) in [5, 5.41) is 14.5. The Kier molecular flexibility index (Phi) is 7.03. The number of rotatable bonds is 8. The van der Waals surface area contributed by atoms with Gasteiger partial charge in [-0.3, -0.25) is 19.1 Å². The van der Waals surface area contributed by atoms with Crippen molar-refractivity contribution in [1.29, 1.82) is 0 Å². The molecule has 1 unspecified atom stereocenters. The maximum Gasteiger partial charge on any atom is 0.262 e.